The number of methoxy groups -OCH3 is 1. The maximum absolute atomic E-state index is 12.5. The van der Waals surface area contributed by atoms with E-state index in [1.165, 1.54) is 13.2 Å². The fourth-order valence-electron chi connectivity index (χ4n) is 3.92. The number of sulfone groups is 1. The highest BCUT2D eigenvalue weighted by molar-refractivity contribution is 7.91. The van der Waals surface area contributed by atoms with Crippen molar-refractivity contribution < 1.29 is 22.7 Å². The van der Waals surface area contributed by atoms with Gasteiger partial charge in [-0.05, 0) is 56.6 Å². The van der Waals surface area contributed by atoms with Gasteiger partial charge in [0, 0.05) is 12.1 Å². The third kappa shape index (κ3) is 5.43. The molecule has 2 heterocycles. The first-order valence-corrected chi connectivity index (χ1v) is 12.0. The van der Waals surface area contributed by atoms with E-state index in [0.29, 0.717) is 28.7 Å². The number of halogens is 1. The Morgan fingerprint density at radius 1 is 1.31 bits per heavy atom. The second-order valence-corrected chi connectivity index (χ2v) is 9.86. The van der Waals surface area contributed by atoms with Gasteiger partial charge in [0.1, 0.15) is 0 Å². The van der Waals surface area contributed by atoms with Crippen LogP contribution in [0.4, 0.5) is 0 Å². The Hall–Kier alpha value is -1.77. The van der Waals surface area contributed by atoms with Gasteiger partial charge < -0.3 is 14.8 Å². The summed E-state index contributed by atoms with van der Waals surface area (Å²) >= 11 is 6.26. The zero-order chi connectivity index (χ0) is 21.0. The first-order chi connectivity index (χ1) is 13.8. The van der Waals surface area contributed by atoms with Gasteiger partial charge in [0.25, 0.3) is 0 Å². The molecular formula is C20H27ClN2O5S. The Balaban J connectivity index is 1.69. The summed E-state index contributed by atoms with van der Waals surface area (Å²) < 4.78 is 35.0. The highest BCUT2D eigenvalue weighted by atomic mass is 35.5. The molecule has 1 aromatic rings. The van der Waals surface area contributed by atoms with Crippen molar-refractivity contribution in [3.8, 4) is 11.5 Å². The van der Waals surface area contributed by atoms with Crippen LogP contribution >= 0.6 is 11.6 Å². The van der Waals surface area contributed by atoms with E-state index in [1.807, 2.05) is 6.92 Å². The summed E-state index contributed by atoms with van der Waals surface area (Å²) in [5, 5.41) is 3.26. The molecule has 2 saturated heterocycles. The number of amides is 1. The van der Waals surface area contributed by atoms with Crippen molar-refractivity contribution >= 4 is 33.4 Å². The lowest BCUT2D eigenvalue weighted by Crippen LogP contribution is -2.49. The van der Waals surface area contributed by atoms with Crippen molar-refractivity contribution in [3.63, 3.8) is 0 Å². The first kappa shape index (κ1) is 21.9. The summed E-state index contributed by atoms with van der Waals surface area (Å²) in [6.07, 6.45) is 5.14. The van der Waals surface area contributed by atoms with Crippen molar-refractivity contribution in [3.05, 3.63) is 28.8 Å². The van der Waals surface area contributed by atoms with Gasteiger partial charge in [0.05, 0.1) is 36.3 Å². The fraction of sp³-hybridized carbons (Fsp3) is 0.550. The largest absolute Gasteiger partial charge is 0.493 e. The molecule has 0 spiro atoms. The summed E-state index contributed by atoms with van der Waals surface area (Å²) in [7, 11) is -1.63. The van der Waals surface area contributed by atoms with Gasteiger partial charge in [-0.25, -0.2) is 8.42 Å². The minimum absolute atomic E-state index is 0.0174. The number of benzene rings is 1. The van der Waals surface area contributed by atoms with Crippen LogP contribution in [0.5, 0.6) is 11.5 Å². The number of hydrogen-bond donors (Lipinski definition) is 1. The second kappa shape index (κ2) is 9.36. The number of rotatable bonds is 7. The van der Waals surface area contributed by atoms with Crippen LogP contribution in [0.25, 0.3) is 6.08 Å². The van der Waals surface area contributed by atoms with Crippen molar-refractivity contribution in [1.29, 1.82) is 0 Å². The Kier molecular flexibility index (Phi) is 7.08. The number of nitrogens with zero attached hydrogens (tertiary/aromatic N) is 1. The average molecular weight is 443 g/mol. The number of likely N-dealkylation sites (tertiary alicyclic amines) is 1. The van der Waals surface area contributed by atoms with Crippen LogP contribution in [0.1, 0.15) is 25.3 Å². The molecular weight excluding hydrogens is 416 g/mol. The van der Waals surface area contributed by atoms with Crippen LogP contribution in [-0.4, -0.2) is 69.6 Å². The predicted molar refractivity (Wildman–Crippen MR) is 113 cm³/mol. The molecule has 1 N–H and O–H groups in total. The molecule has 0 bridgehead atoms. The van der Waals surface area contributed by atoms with Crippen LogP contribution in [0, 0.1) is 0 Å². The van der Waals surface area contributed by atoms with Crippen LogP contribution in [-0.2, 0) is 14.6 Å². The number of hydrogen-bond acceptors (Lipinski definition) is 6. The summed E-state index contributed by atoms with van der Waals surface area (Å²) in [4.78, 5) is 14.6. The van der Waals surface area contributed by atoms with Crippen LogP contribution in [0.3, 0.4) is 0 Å². The SMILES string of the molecule is CCOc1c(Cl)cc(/C=C/C(=O)NC2CS(=O)(=O)CC2N2CCCC2)cc1OC. The molecule has 1 aromatic carbocycles. The van der Waals surface area contributed by atoms with E-state index in [1.54, 1.807) is 18.2 Å². The number of nitrogens with one attached hydrogen (secondary N) is 1. The third-order valence-electron chi connectivity index (χ3n) is 5.23. The molecule has 0 aromatic heterocycles. The van der Waals surface area contributed by atoms with Crippen molar-refractivity contribution in [2.45, 2.75) is 31.8 Å². The lowest BCUT2D eigenvalue weighted by atomic mass is 10.1. The monoisotopic (exact) mass is 442 g/mol. The van der Waals surface area contributed by atoms with Crippen molar-refractivity contribution in [1.82, 2.24) is 10.2 Å². The molecule has 29 heavy (non-hydrogen) atoms. The van der Waals surface area contributed by atoms with E-state index in [0.717, 1.165) is 25.9 Å². The van der Waals surface area contributed by atoms with E-state index in [-0.39, 0.29) is 23.5 Å². The topological polar surface area (TPSA) is 84.9 Å². The summed E-state index contributed by atoms with van der Waals surface area (Å²) in [5.41, 5.74) is 0.681. The molecule has 1 amide bonds. The number of carbonyl (C=O) groups is 1. The summed E-state index contributed by atoms with van der Waals surface area (Å²) in [6.45, 7) is 4.07. The lowest BCUT2D eigenvalue weighted by Gasteiger charge is -2.28. The van der Waals surface area contributed by atoms with Gasteiger partial charge >= 0.3 is 0 Å². The van der Waals surface area contributed by atoms with Gasteiger partial charge in [-0.15, -0.1) is 0 Å². The van der Waals surface area contributed by atoms with Crippen LogP contribution < -0.4 is 14.8 Å². The highest BCUT2D eigenvalue weighted by Gasteiger charge is 2.42. The average Bonchev–Trinajstić information content (AvgIpc) is 3.29. The molecule has 0 radical (unpaired) electrons. The minimum atomic E-state index is -3.15. The zero-order valence-corrected chi connectivity index (χ0v) is 18.3. The van der Waals surface area contributed by atoms with Crippen molar-refractivity contribution in [2.24, 2.45) is 0 Å². The van der Waals surface area contributed by atoms with E-state index in [2.05, 4.69) is 10.2 Å². The molecule has 9 heteroatoms. The van der Waals surface area contributed by atoms with Crippen LogP contribution in [0.15, 0.2) is 18.2 Å². The minimum Gasteiger partial charge on any atom is -0.493 e. The maximum atomic E-state index is 12.5. The Morgan fingerprint density at radius 3 is 2.69 bits per heavy atom. The molecule has 2 atom stereocenters. The lowest BCUT2D eigenvalue weighted by molar-refractivity contribution is -0.117. The van der Waals surface area contributed by atoms with Gasteiger partial charge in [0.2, 0.25) is 5.91 Å². The maximum Gasteiger partial charge on any atom is 0.244 e. The Labute approximate surface area is 176 Å². The first-order valence-electron chi connectivity index (χ1n) is 9.76. The smallest absolute Gasteiger partial charge is 0.244 e. The van der Waals surface area contributed by atoms with E-state index in [9.17, 15) is 13.2 Å². The van der Waals surface area contributed by atoms with E-state index in [4.69, 9.17) is 21.1 Å². The second-order valence-electron chi connectivity index (χ2n) is 7.30. The standard InChI is InChI=1S/C20H27ClN2O5S/c1-3-28-20-15(21)10-14(11-18(20)27-2)6-7-19(24)22-16-12-29(25,26)13-17(16)23-8-4-5-9-23/h6-7,10-11,16-17H,3-5,8-9,12-13H2,1-2H3,(H,22,24)/b7-6+. The zero-order valence-electron chi connectivity index (χ0n) is 16.7. The third-order valence-corrected chi connectivity index (χ3v) is 7.22. The van der Waals surface area contributed by atoms with Gasteiger partial charge in [-0.3, -0.25) is 9.69 Å². The molecule has 7 nitrogen and oxygen atoms in total. The van der Waals surface area contributed by atoms with Crippen LogP contribution in [0.2, 0.25) is 5.02 Å². The molecule has 3 rings (SSSR count). The summed E-state index contributed by atoms with van der Waals surface area (Å²) in [6, 6.07) is 2.87. The number of ether oxygens (including phenoxy) is 2. The Bertz CT molecular complexity index is 881. The van der Waals surface area contributed by atoms with Crippen molar-refractivity contribution in [2.75, 3.05) is 38.3 Å². The van der Waals surface area contributed by atoms with Gasteiger partial charge in [0.15, 0.2) is 21.3 Å². The van der Waals surface area contributed by atoms with E-state index < -0.39 is 15.9 Å². The van der Waals surface area contributed by atoms with Gasteiger partial charge in [-0.2, -0.15) is 0 Å². The Morgan fingerprint density at radius 2 is 2.03 bits per heavy atom. The highest BCUT2D eigenvalue weighted by Crippen LogP contribution is 2.36. The fourth-order valence-corrected chi connectivity index (χ4v) is 6.15. The van der Waals surface area contributed by atoms with Gasteiger partial charge in [-0.1, -0.05) is 11.6 Å². The molecule has 2 aliphatic rings. The predicted octanol–water partition coefficient (Wildman–Crippen LogP) is 2.14. The molecule has 0 aliphatic carbocycles. The normalized spacial score (nSPS) is 24.1. The van der Waals surface area contributed by atoms with E-state index >= 15 is 0 Å². The molecule has 2 unspecified atom stereocenters. The quantitative estimate of drug-likeness (QED) is 0.651. The molecule has 2 aliphatic heterocycles. The molecule has 2 fully saturated rings. The molecule has 160 valence electrons. The summed E-state index contributed by atoms with van der Waals surface area (Å²) in [5.74, 6) is 0.697. The molecule has 0 saturated carbocycles. The number of carbonyl (C=O) groups excluding carboxylic acids is 1.